The van der Waals surface area contributed by atoms with Crippen molar-refractivity contribution in [3.05, 3.63) is 0 Å². The van der Waals surface area contributed by atoms with E-state index < -0.39 is 0 Å². The maximum Gasteiger partial charge on any atom is 0.0700 e. The molecule has 3 heteroatoms. The Bertz CT molecular complexity index is 113. The summed E-state index contributed by atoms with van der Waals surface area (Å²) in [6.45, 7) is 3.40. The highest BCUT2D eigenvalue weighted by Crippen LogP contribution is 2.39. The lowest BCUT2D eigenvalue weighted by Gasteiger charge is -2.38. The van der Waals surface area contributed by atoms with Gasteiger partial charge in [0, 0.05) is 16.9 Å². The summed E-state index contributed by atoms with van der Waals surface area (Å²) in [7, 11) is 0. The van der Waals surface area contributed by atoms with Crippen molar-refractivity contribution in [2.45, 2.75) is 0 Å². The molecule has 2 saturated heterocycles. The molecule has 0 aromatic carbocycles. The maximum atomic E-state index is 5.41. The van der Waals surface area contributed by atoms with Crippen LogP contribution in [0.1, 0.15) is 0 Å². The van der Waals surface area contributed by atoms with Crippen molar-refractivity contribution in [3.63, 3.8) is 0 Å². The molecule has 0 bridgehead atoms. The lowest BCUT2D eigenvalue weighted by Crippen LogP contribution is -2.42. The molecule has 0 radical (unpaired) electrons. The van der Waals surface area contributed by atoms with Gasteiger partial charge in [-0.05, 0) is 0 Å². The van der Waals surface area contributed by atoms with Gasteiger partial charge in [0.1, 0.15) is 0 Å². The van der Waals surface area contributed by atoms with Crippen molar-refractivity contribution < 1.29 is 9.47 Å². The molecule has 0 saturated carbocycles. The predicted octanol–water partition coefficient (Wildman–Crippen LogP) is 0.766. The van der Waals surface area contributed by atoms with E-state index in [-0.39, 0.29) is 0 Å². The van der Waals surface area contributed by atoms with Crippen molar-refractivity contribution >= 4 is 11.8 Å². The second-order valence-corrected chi connectivity index (χ2v) is 4.08. The van der Waals surface area contributed by atoms with Crippen LogP contribution in [0, 0.1) is 5.41 Å². The van der Waals surface area contributed by atoms with Gasteiger partial charge in [-0.25, -0.2) is 0 Å². The molecule has 2 rings (SSSR count). The number of hydrogen-bond donors (Lipinski definition) is 0. The fourth-order valence-corrected chi connectivity index (χ4v) is 2.41. The van der Waals surface area contributed by atoms with Crippen LogP contribution in [0.25, 0.3) is 0 Å². The Morgan fingerprint density at radius 2 is 1.60 bits per heavy atom. The third-order valence-electron chi connectivity index (χ3n) is 2.01. The molecular formula is C7H12O2S. The summed E-state index contributed by atoms with van der Waals surface area (Å²) in [5.74, 6) is 2.46. The standard InChI is InChI=1S/C7H12O2S/c1-2-9-4-7(3-8-1)5-10-6-7/h1-6H2. The van der Waals surface area contributed by atoms with E-state index >= 15 is 0 Å². The van der Waals surface area contributed by atoms with E-state index in [1.54, 1.807) is 0 Å². The SMILES string of the molecule is C1COCC2(CO1)CSC2. The maximum absolute atomic E-state index is 5.41. The van der Waals surface area contributed by atoms with E-state index in [2.05, 4.69) is 0 Å². The van der Waals surface area contributed by atoms with Crippen LogP contribution in [0.15, 0.2) is 0 Å². The second kappa shape index (κ2) is 2.72. The molecular weight excluding hydrogens is 148 g/mol. The summed E-state index contributed by atoms with van der Waals surface area (Å²) in [4.78, 5) is 0. The van der Waals surface area contributed by atoms with Crippen molar-refractivity contribution in [2.24, 2.45) is 5.41 Å². The lowest BCUT2D eigenvalue weighted by molar-refractivity contribution is 0.0795. The Kier molecular flexibility index (Phi) is 1.89. The van der Waals surface area contributed by atoms with Gasteiger partial charge in [-0.1, -0.05) is 0 Å². The van der Waals surface area contributed by atoms with Gasteiger partial charge in [0.05, 0.1) is 26.4 Å². The Morgan fingerprint density at radius 3 is 2.00 bits per heavy atom. The fourth-order valence-electron chi connectivity index (χ4n) is 1.29. The average molecular weight is 160 g/mol. The van der Waals surface area contributed by atoms with Gasteiger partial charge in [-0.2, -0.15) is 11.8 Å². The minimum Gasteiger partial charge on any atom is -0.378 e. The molecule has 2 nitrogen and oxygen atoms in total. The average Bonchev–Trinajstić information content (AvgIpc) is 2.08. The van der Waals surface area contributed by atoms with E-state index in [4.69, 9.17) is 9.47 Å². The van der Waals surface area contributed by atoms with Crippen LogP contribution < -0.4 is 0 Å². The molecule has 2 fully saturated rings. The van der Waals surface area contributed by atoms with Crippen LogP contribution >= 0.6 is 11.8 Å². The summed E-state index contributed by atoms with van der Waals surface area (Å²) in [6, 6.07) is 0. The first-order valence-electron chi connectivity index (χ1n) is 3.65. The van der Waals surface area contributed by atoms with Gasteiger partial charge in [0.15, 0.2) is 0 Å². The van der Waals surface area contributed by atoms with Gasteiger partial charge < -0.3 is 9.47 Å². The second-order valence-electron chi connectivity index (χ2n) is 3.10. The van der Waals surface area contributed by atoms with Gasteiger partial charge in [0.25, 0.3) is 0 Å². The van der Waals surface area contributed by atoms with Crippen LogP contribution in [0.3, 0.4) is 0 Å². The summed E-state index contributed by atoms with van der Waals surface area (Å²) >= 11 is 1.99. The molecule has 0 aliphatic carbocycles. The largest absolute Gasteiger partial charge is 0.378 e. The highest BCUT2D eigenvalue weighted by molar-refractivity contribution is 8.00. The Morgan fingerprint density at radius 1 is 1.00 bits per heavy atom. The molecule has 10 heavy (non-hydrogen) atoms. The molecule has 1 spiro atoms. The minimum absolute atomic E-state index is 0.404. The van der Waals surface area contributed by atoms with E-state index in [1.165, 1.54) is 11.5 Å². The third kappa shape index (κ3) is 1.18. The first-order valence-corrected chi connectivity index (χ1v) is 4.80. The first kappa shape index (κ1) is 6.95. The van der Waals surface area contributed by atoms with E-state index in [9.17, 15) is 0 Å². The zero-order valence-electron chi connectivity index (χ0n) is 5.97. The number of ether oxygens (including phenoxy) is 2. The Labute approximate surface area is 65.3 Å². The van der Waals surface area contributed by atoms with Gasteiger partial charge in [-0.15, -0.1) is 0 Å². The van der Waals surface area contributed by atoms with E-state index in [0.717, 1.165) is 26.4 Å². The molecule has 0 N–H and O–H groups in total. The highest BCUT2D eigenvalue weighted by atomic mass is 32.2. The smallest absolute Gasteiger partial charge is 0.0700 e. The zero-order chi connectivity index (χ0) is 6.86. The molecule has 0 aromatic heterocycles. The number of rotatable bonds is 0. The molecule has 2 aliphatic rings. The molecule has 0 unspecified atom stereocenters. The fraction of sp³-hybridized carbons (Fsp3) is 1.00. The van der Waals surface area contributed by atoms with Crippen LogP contribution in [-0.4, -0.2) is 37.9 Å². The van der Waals surface area contributed by atoms with Gasteiger partial charge >= 0.3 is 0 Å². The number of thioether (sulfide) groups is 1. The quantitative estimate of drug-likeness (QED) is 0.521. The monoisotopic (exact) mass is 160 g/mol. The first-order chi connectivity index (χ1) is 4.91. The zero-order valence-corrected chi connectivity index (χ0v) is 6.78. The van der Waals surface area contributed by atoms with Crippen LogP contribution in [0.5, 0.6) is 0 Å². The molecule has 0 atom stereocenters. The highest BCUT2D eigenvalue weighted by Gasteiger charge is 2.39. The van der Waals surface area contributed by atoms with Crippen molar-refractivity contribution in [1.29, 1.82) is 0 Å². The van der Waals surface area contributed by atoms with Crippen molar-refractivity contribution in [2.75, 3.05) is 37.9 Å². The van der Waals surface area contributed by atoms with Crippen LogP contribution in [-0.2, 0) is 9.47 Å². The Hall–Kier alpha value is 0.270. The number of hydrogen-bond acceptors (Lipinski definition) is 3. The van der Waals surface area contributed by atoms with Gasteiger partial charge in [0.2, 0.25) is 0 Å². The molecule has 0 amide bonds. The normalized spacial score (nSPS) is 31.2. The van der Waals surface area contributed by atoms with E-state index in [0.29, 0.717) is 5.41 Å². The van der Waals surface area contributed by atoms with Crippen LogP contribution in [0.2, 0.25) is 0 Å². The summed E-state index contributed by atoms with van der Waals surface area (Å²) < 4.78 is 10.8. The summed E-state index contributed by atoms with van der Waals surface area (Å²) in [6.07, 6.45) is 0. The van der Waals surface area contributed by atoms with Gasteiger partial charge in [-0.3, -0.25) is 0 Å². The van der Waals surface area contributed by atoms with E-state index in [1.807, 2.05) is 11.8 Å². The summed E-state index contributed by atoms with van der Waals surface area (Å²) in [5.41, 5.74) is 0.404. The topological polar surface area (TPSA) is 18.5 Å². The van der Waals surface area contributed by atoms with Crippen molar-refractivity contribution in [1.82, 2.24) is 0 Å². The molecule has 2 aliphatic heterocycles. The minimum atomic E-state index is 0.404. The van der Waals surface area contributed by atoms with Crippen molar-refractivity contribution in [3.8, 4) is 0 Å². The third-order valence-corrected chi connectivity index (χ3v) is 3.64. The Balaban J connectivity index is 1.92. The molecule has 2 heterocycles. The predicted molar refractivity (Wildman–Crippen MR) is 41.4 cm³/mol. The van der Waals surface area contributed by atoms with Crippen LogP contribution in [0.4, 0.5) is 0 Å². The molecule has 0 aromatic rings. The summed E-state index contributed by atoms with van der Waals surface area (Å²) in [5, 5.41) is 0. The molecule has 58 valence electrons. The lowest BCUT2D eigenvalue weighted by atomic mass is 9.94.